The molecule has 3 aliphatic rings. The zero-order valence-electron chi connectivity index (χ0n) is 22.5. The molecule has 1 aromatic carbocycles. The van der Waals surface area contributed by atoms with Crippen molar-refractivity contribution in [3.05, 3.63) is 53.5 Å². The summed E-state index contributed by atoms with van der Waals surface area (Å²) in [5.74, 6) is 3.63. The molecule has 1 aliphatic carbocycles. The lowest BCUT2D eigenvalue weighted by Crippen LogP contribution is -2.43. The molecule has 4 rings (SSSR count). The van der Waals surface area contributed by atoms with Gasteiger partial charge in [-0.1, -0.05) is 52.2 Å². The van der Waals surface area contributed by atoms with Gasteiger partial charge in [0.15, 0.2) is 11.5 Å². The zero-order valence-corrected chi connectivity index (χ0v) is 22.5. The number of fused-ring (bicyclic) bond motifs is 1. The van der Waals surface area contributed by atoms with E-state index >= 15 is 0 Å². The SMILES string of the molecule is CCCCN(C(=O)CN1C[C@H]([C@H]2C=C3OCOC3=CC2)C[C@@H]1CC(C)CCC)c1cccc(CN)c1. The first-order chi connectivity index (χ1) is 17.5. The molecule has 1 aromatic rings. The topological polar surface area (TPSA) is 68.0 Å². The fourth-order valence-electron chi connectivity index (χ4n) is 6.09. The van der Waals surface area contributed by atoms with E-state index in [0.717, 1.165) is 68.0 Å². The van der Waals surface area contributed by atoms with Crippen LogP contribution in [0.3, 0.4) is 0 Å². The lowest BCUT2D eigenvalue weighted by molar-refractivity contribution is -0.120. The molecule has 0 aromatic heterocycles. The number of hydrogen-bond acceptors (Lipinski definition) is 5. The second-order valence-corrected chi connectivity index (χ2v) is 10.9. The van der Waals surface area contributed by atoms with Gasteiger partial charge in [0, 0.05) is 31.4 Å². The van der Waals surface area contributed by atoms with Gasteiger partial charge in [-0.15, -0.1) is 0 Å². The monoisotopic (exact) mass is 495 g/mol. The van der Waals surface area contributed by atoms with E-state index in [1.165, 1.54) is 12.8 Å². The molecule has 4 atom stereocenters. The van der Waals surface area contributed by atoms with Crippen molar-refractivity contribution in [3.8, 4) is 0 Å². The van der Waals surface area contributed by atoms with Crippen molar-refractivity contribution in [2.75, 3.05) is 31.3 Å². The first-order valence-electron chi connectivity index (χ1n) is 14.0. The Morgan fingerprint density at radius 2 is 2.06 bits per heavy atom. The van der Waals surface area contributed by atoms with Gasteiger partial charge in [0.25, 0.3) is 0 Å². The van der Waals surface area contributed by atoms with Gasteiger partial charge in [0.2, 0.25) is 12.7 Å². The summed E-state index contributed by atoms with van der Waals surface area (Å²) in [6.07, 6.45) is 12.2. The van der Waals surface area contributed by atoms with E-state index < -0.39 is 0 Å². The van der Waals surface area contributed by atoms with E-state index in [-0.39, 0.29) is 5.91 Å². The van der Waals surface area contributed by atoms with Gasteiger partial charge >= 0.3 is 0 Å². The molecule has 0 saturated carbocycles. The van der Waals surface area contributed by atoms with Crippen LogP contribution >= 0.6 is 0 Å². The van der Waals surface area contributed by atoms with Crippen molar-refractivity contribution in [2.45, 2.75) is 78.3 Å². The van der Waals surface area contributed by atoms with Crippen molar-refractivity contribution < 1.29 is 14.3 Å². The normalized spacial score (nSPS) is 24.4. The van der Waals surface area contributed by atoms with Crippen molar-refractivity contribution in [1.29, 1.82) is 0 Å². The molecule has 2 fully saturated rings. The molecule has 0 radical (unpaired) electrons. The number of amides is 1. The number of nitrogens with two attached hydrogens (primary N) is 1. The average Bonchev–Trinajstić information content (AvgIpc) is 3.51. The summed E-state index contributed by atoms with van der Waals surface area (Å²) in [6.45, 7) is 9.79. The predicted molar refractivity (Wildman–Crippen MR) is 145 cm³/mol. The van der Waals surface area contributed by atoms with Gasteiger partial charge in [0.05, 0.1) is 6.54 Å². The van der Waals surface area contributed by atoms with Gasteiger partial charge in [-0.05, 0) is 73.3 Å². The number of benzene rings is 1. The van der Waals surface area contributed by atoms with Gasteiger partial charge in [-0.25, -0.2) is 0 Å². The standard InChI is InChI=1S/C30H45N3O3/c1-4-6-13-33(26-10-7-9-23(15-26)18-31)30(34)20-32-19-25(16-27(32)14-22(3)8-5-2)24-11-12-28-29(17-24)36-21-35-28/h7,9-10,12,15,17,22,24-25,27H,4-6,8,11,13-14,16,18-21,31H2,1-3H3/t22?,24-,25-,27+/m1/s1. The zero-order chi connectivity index (χ0) is 25.5. The summed E-state index contributed by atoms with van der Waals surface area (Å²) in [5, 5.41) is 0. The number of carbonyl (C=O) groups excluding carboxylic acids is 1. The highest BCUT2D eigenvalue weighted by Crippen LogP contribution is 2.39. The highest BCUT2D eigenvalue weighted by molar-refractivity contribution is 5.94. The number of nitrogens with zero attached hydrogens (tertiary/aromatic N) is 2. The Labute approximate surface area is 217 Å². The maximum absolute atomic E-state index is 13.8. The van der Waals surface area contributed by atoms with E-state index in [2.05, 4.69) is 43.9 Å². The maximum Gasteiger partial charge on any atom is 0.241 e. The molecule has 1 amide bonds. The average molecular weight is 496 g/mol. The minimum absolute atomic E-state index is 0.197. The Balaban J connectivity index is 1.49. The molecule has 2 aliphatic heterocycles. The van der Waals surface area contributed by atoms with Crippen LogP contribution in [0.1, 0.15) is 71.3 Å². The molecule has 0 spiro atoms. The molecule has 2 N–H and O–H groups in total. The third kappa shape index (κ3) is 6.51. The van der Waals surface area contributed by atoms with Crippen LogP contribution in [0.5, 0.6) is 0 Å². The van der Waals surface area contributed by atoms with Crippen LogP contribution in [-0.2, 0) is 20.8 Å². The van der Waals surface area contributed by atoms with Crippen molar-refractivity contribution in [3.63, 3.8) is 0 Å². The van der Waals surface area contributed by atoms with Crippen LogP contribution in [0.25, 0.3) is 0 Å². The van der Waals surface area contributed by atoms with Crippen molar-refractivity contribution in [2.24, 2.45) is 23.5 Å². The van der Waals surface area contributed by atoms with Crippen LogP contribution < -0.4 is 10.6 Å². The van der Waals surface area contributed by atoms with Crippen molar-refractivity contribution in [1.82, 2.24) is 4.90 Å². The lowest BCUT2D eigenvalue weighted by atomic mass is 9.83. The summed E-state index contributed by atoms with van der Waals surface area (Å²) in [7, 11) is 0. The summed E-state index contributed by atoms with van der Waals surface area (Å²) in [6, 6.07) is 8.59. The number of rotatable bonds is 12. The first-order valence-corrected chi connectivity index (χ1v) is 14.0. The van der Waals surface area contributed by atoms with Crippen LogP contribution in [-0.4, -0.2) is 43.3 Å². The summed E-state index contributed by atoms with van der Waals surface area (Å²) in [4.78, 5) is 18.3. The van der Waals surface area contributed by atoms with Gasteiger partial charge < -0.3 is 20.1 Å². The second-order valence-electron chi connectivity index (χ2n) is 10.9. The molecule has 36 heavy (non-hydrogen) atoms. The Morgan fingerprint density at radius 3 is 2.83 bits per heavy atom. The molecule has 1 unspecified atom stereocenters. The molecule has 198 valence electrons. The number of allylic oxidation sites excluding steroid dienone is 2. The maximum atomic E-state index is 13.8. The number of unbranched alkanes of at least 4 members (excludes halogenated alkanes) is 1. The van der Waals surface area contributed by atoms with Crippen LogP contribution in [0.4, 0.5) is 5.69 Å². The van der Waals surface area contributed by atoms with E-state index in [1.807, 2.05) is 23.1 Å². The fraction of sp³-hybridized carbons (Fsp3) is 0.633. The summed E-state index contributed by atoms with van der Waals surface area (Å²) < 4.78 is 11.2. The van der Waals surface area contributed by atoms with E-state index in [0.29, 0.717) is 43.7 Å². The van der Waals surface area contributed by atoms with Gasteiger partial charge in [-0.3, -0.25) is 9.69 Å². The molecular formula is C30H45N3O3. The quantitative estimate of drug-likeness (QED) is 0.410. The number of likely N-dealkylation sites (tertiary alicyclic amines) is 1. The van der Waals surface area contributed by atoms with Gasteiger partial charge in [-0.2, -0.15) is 0 Å². The molecule has 2 heterocycles. The molecule has 6 heteroatoms. The van der Waals surface area contributed by atoms with Crippen LogP contribution in [0.15, 0.2) is 47.9 Å². The second kappa shape index (κ2) is 12.8. The highest BCUT2D eigenvalue weighted by Gasteiger charge is 2.39. The number of carbonyl (C=O) groups is 1. The fourth-order valence-corrected chi connectivity index (χ4v) is 6.09. The van der Waals surface area contributed by atoms with E-state index in [4.69, 9.17) is 15.2 Å². The van der Waals surface area contributed by atoms with E-state index in [9.17, 15) is 4.79 Å². The Kier molecular flexibility index (Phi) is 9.49. The smallest absolute Gasteiger partial charge is 0.241 e. The minimum atomic E-state index is 0.197. The predicted octanol–water partition coefficient (Wildman–Crippen LogP) is 5.59. The Bertz CT molecular complexity index is 943. The number of ether oxygens (including phenoxy) is 2. The lowest BCUT2D eigenvalue weighted by Gasteiger charge is -2.30. The highest BCUT2D eigenvalue weighted by atomic mass is 16.7. The Hall–Kier alpha value is -2.31. The number of hydrogen-bond donors (Lipinski definition) is 1. The van der Waals surface area contributed by atoms with E-state index in [1.54, 1.807) is 0 Å². The Morgan fingerprint density at radius 1 is 1.22 bits per heavy atom. The summed E-state index contributed by atoms with van der Waals surface area (Å²) in [5.41, 5.74) is 7.93. The third-order valence-electron chi connectivity index (χ3n) is 8.07. The van der Waals surface area contributed by atoms with Crippen LogP contribution in [0.2, 0.25) is 0 Å². The third-order valence-corrected chi connectivity index (χ3v) is 8.07. The minimum Gasteiger partial charge on any atom is -0.454 e. The molecule has 6 nitrogen and oxygen atoms in total. The molecular weight excluding hydrogens is 450 g/mol. The van der Waals surface area contributed by atoms with Crippen molar-refractivity contribution >= 4 is 11.6 Å². The van der Waals surface area contributed by atoms with Crippen LogP contribution in [0, 0.1) is 17.8 Å². The first kappa shape index (κ1) is 26.7. The van der Waals surface area contributed by atoms with Gasteiger partial charge in [0.1, 0.15) is 0 Å². The summed E-state index contributed by atoms with van der Waals surface area (Å²) >= 11 is 0. The molecule has 2 saturated heterocycles. The molecule has 0 bridgehead atoms. The number of anilines is 1. The largest absolute Gasteiger partial charge is 0.454 e.